The number of hydrogen-bond acceptors (Lipinski definition) is 5. The van der Waals surface area contributed by atoms with Crippen molar-refractivity contribution in [2.75, 3.05) is 26.7 Å². The Hall–Kier alpha value is -1.76. The molecule has 24 heavy (non-hydrogen) atoms. The average Bonchev–Trinajstić information content (AvgIpc) is 2.83. The summed E-state index contributed by atoms with van der Waals surface area (Å²) in [7, 11) is 1.84. The highest BCUT2D eigenvalue weighted by Crippen LogP contribution is 2.18. The predicted octanol–water partition coefficient (Wildman–Crippen LogP) is 1.59. The van der Waals surface area contributed by atoms with Crippen LogP contribution in [0.3, 0.4) is 0 Å². The van der Waals surface area contributed by atoms with Gasteiger partial charge in [0.1, 0.15) is 12.2 Å². The smallest absolute Gasteiger partial charge is 0.244 e. The van der Waals surface area contributed by atoms with E-state index in [1.54, 1.807) is 4.90 Å². The highest BCUT2D eigenvalue weighted by Gasteiger charge is 2.30. The lowest BCUT2D eigenvalue weighted by atomic mass is 10.0. The first-order valence-electron chi connectivity index (χ1n) is 8.70. The van der Waals surface area contributed by atoms with Gasteiger partial charge in [0.15, 0.2) is 5.78 Å². The summed E-state index contributed by atoms with van der Waals surface area (Å²) in [5.74, 6) is -0.182. The number of likely N-dealkylation sites (N-methyl/N-ethyl adjacent to an activating group) is 1. The molecule has 0 aromatic carbocycles. The van der Waals surface area contributed by atoms with E-state index in [-0.39, 0.29) is 29.5 Å². The Morgan fingerprint density at radius 1 is 1.21 bits per heavy atom. The van der Waals surface area contributed by atoms with Crippen molar-refractivity contribution in [2.45, 2.75) is 58.5 Å². The monoisotopic (exact) mass is 335 g/mol. The van der Waals surface area contributed by atoms with E-state index in [0.29, 0.717) is 0 Å². The van der Waals surface area contributed by atoms with Crippen LogP contribution >= 0.6 is 0 Å². The molecule has 1 aromatic heterocycles. The predicted molar refractivity (Wildman–Crippen MR) is 91.8 cm³/mol. The van der Waals surface area contributed by atoms with Crippen LogP contribution in [0.5, 0.6) is 0 Å². The van der Waals surface area contributed by atoms with Crippen LogP contribution in [0.25, 0.3) is 0 Å². The number of aromatic nitrogens is 3. The molecular weight excluding hydrogens is 306 g/mol. The minimum absolute atomic E-state index is 0.0326. The fourth-order valence-corrected chi connectivity index (χ4v) is 3.07. The van der Waals surface area contributed by atoms with Crippen molar-refractivity contribution in [2.24, 2.45) is 0 Å². The average molecular weight is 335 g/mol. The lowest BCUT2D eigenvalue weighted by molar-refractivity contribution is -0.136. The molecule has 1 amide bonds. The third-order valence-corrected chi connectivity index (χ3v) is 4.79. The topological polar surface area (TPSA) is 71.3 Å². The van der Waals surface area contributed by atoms with E-state index >= 15 is 0 Å². The summed E-state index contributed by atoms with van der Waals surface area (Å²) >= 11 is 0. The van der Waals surface area contributed by atoms with E-state index in [4.69, 9.17) is 0 Å². The van der Waals surface area contributed by atoms with Crippen LogP contribution in [0.4, 0.5) is 0 Å². The third kappa shape index (κ3) is 4.87. The molecule has 1 saturated heterocycles. The second kappa shape index (κ2) is 7.88. The van der Waals surface area contributed by atoms with Crippen molar-refractivity contribution in [1.29, 1.82) is 0 Å². The standard InChI is InChI=1S/C17H29N5O2/c1-14(23)15-11-22(19-18-15)12-16(24)20(4)17(2,3)13-21-9-7-5-6-8-10-21/h11H,5-10,12-13H2,1-4H3. The summed E-state index contributed by atoms with van der Waals surface area (Å²) < 4.78 is 1.43. The molecule has 1 fully saturated rings. The van der Waals surface area contributed by atoms with E-state index in [2.05, 4.69) is 29.1 Å². The number of hydrogen-bond donors (Lipinski definition) is 0. The maximum atomic E-state index is 12.6. The molecule has 0 radical (unpaired) electrons. The van der Waals surface area contributed by atoms with E-state index < -0.39 is 0 Å². The van der Waals surface area contributed by atoms with Crippen LogP contribution in [0.1, 0.15) is 56.9 Å². The second-order valence-corrected chi connectivity index (χ2v) is 7.31. The number of nitrogens with zero attached hydrogens (tertiary/aromatic N) is 5. The van der Waals surface area contributed by atoms with Crippen molar-refractivity contribution in [1.82, 2.24) is 24.8 Å². The van der Waals surface area contributed by atoms with Crippen molar-refractivity contribution < 1.29 is 9.59 Å². The Labute approximate surface area is 144 Å². The Kier molecular flexibility index (Phi) is 6.10. The van der Waals surface area contributed by atoms with Gasteiger partial charge in [0.25, 0.3) is 0 Å². The molecule has 7 heteroatoms. The summed E-state index contributed by atoms with van der Waals surface area (Å²) in [6.07, 6.45) is 6.60. The summed E-state index contributed by atoms with van der Waals surface area (Å²) in [6.45, 7) is 8.81. The van der Waals surface area contributed by atoms with Crippen LogP contribution in [-0.2, 0) is 11.3 Å². The van der Waals surface area contributed by atoms with Gasteiger partial charge in [0.2, 0.25) is 5.91 Å². The first-order chi connectivity index (χ1) is 11.3. The Morgan fingerprint density at radius 3 is 2.38 bits per heavy atom. The number of amides is 1. The summed E-state index contributed by atoms with van der Waals surface area (Å²) in [5.41, 5.74) is 0.0278. The SMILES string of the molecule is CC(=O)c1cn(CC(=O)N(C)C(C)(C)CN2CCCCCC2)nn1. The molecule has 0 bridgehead atoms. The van der Waals surface area contributed by atoms with Crippen molar-refractivity contribution >= 4 is 11.7 Å². The molecule has 0 N–H and O–H groups in total. The minimum atomic E-state index is -0.259. The lowest BCUT2D eigenvalue weighted by Gasteiger charge is -2.39. The zero-order valence-corrected chi connectivity index (χ0v) is 15.3. The summed E-state index contributed by atoms with van der Waals surface area (Å²) in [4.78, 5) is 28.1. The summed E-state index contributed by atoms with van der Waals surface area (Å²) in [5, 5.41) is 7.64. The van der Waals surface area contributed by atoms with Gasteiger partial charge in [0, 0.05) is 26.1 Å². The fourth-order valence-electron chi connectivity index (χ4n) is 3.07. The fraction of sp³-hybridized carbons (Fsp3) is 0.765. The zero-order chi connectivity index (χ0) is 17.7. The first kappa shape index (κ1) is 18.6. The molecule has 0 spiro atoms. The molecule has 0 atom stereocenters. The van der Waals surface area contributed by atoms with Gasteiger partial charge >= 0.3 is 0 Å². The number of carbonyl (C=O) groups is 2. The molecule has 0 aliphatic carbocycles. The lowest BCUT2D eigenvalue weighted by Crippen LogP contribution is -2.53. The van der Waals surface area contributed by atoms with Gasteiger partial charge in [-0.25, -0.2) is 4.68 Å². The van der Waals surface area contributed by atoms with Crippen LogP contribution in [0.2, 0.25) is 0 Å². The molecule has 7 nitrogen and oxygen atoms in total. The van der Waals surface area contributed by atoms with E-state index in [1.807, 2.05) is 7.05 Å². The molecule has 1 aromatic rings. The Morgan fingerprint density at radius 2 is 1.83 bits per heavy atom. The van der Waals surface area contributed by atoms with E-state index in [9.17, 15) is 9.59 Å². The number of rotatable bonds is 6. The van der Waals surface area contributed by atoms with Gasteiger partial charge < -0.3 is 9.80 Å². The van der Waals surface area contributed by atoms with Gasteiger partial charge in [-0.2, -0.15) is 0 Å². The first-order valence-corrected chi connectivity index (χ1v) is 8.70. The summed E-state index contributed by atoms with van der Waals surface area (Å²) in [6, 6.07) is 0. The number of ketones is 1. The molecule has 1 aliphatic rings. The van der Waals surface area contributed by atoms with Gasteiger partial charge in [0.05, 0.1) is 6.20 Å². The van der Waals surface area contributed by atoms with Crippen LogP contribution in [0.15, 0.2) is 6.20 Å². The van der Waals surface area contributed by atoms with Gasteiger partial charge in [-0.1, -0.05) is 18.1 Å². The van der Waals surface area contributed by atoms with Gasteiger partial charge in [-0.05, 0) is 39.8 Å². The highest BCUT2D eigenvalue weighted by molar-refractivity contribution is 5.91. The second-order valence-electron chi connectivity index (χ2n) is 7.31. The number of Topliss-reactive ketones (excluding diaryl/α,β-unsaturated/α-hetero) is 1. The molecular formula is C17H29N5O2. The Bertz CT molecular complexity index is 573. The molecule has 1 aliphatic heterocycles. The number of carbonyl (C=O) groups excluding carboxylic acids is 2. The van der Waals surface area contributed by atoms with Crippen LogP contribution < -0.4 is 0 Å². The molecule has 2 heterocycles. The third-order valence-electron chi connectivity index (χ3n) is 4.79. The Balaban J connectivity index is 1.95. The van der Waals surface area contributed by atoms with Crippen molar-refractivity contribution in [3.8, 4) is 0 Å². The van der Waals surface area contributed by atoms with Crippen LogP contribution in [-0.4, -0.2) is 68.7 Å². The van der Waals surface area contributed by atoms with Crippen LogP contribution in [0, 0.1) is 0 Å². The largest absolute Gasteiger partial charge is 0.338 e. The molecule has 2 rings (SSSR count). The normalized spacial score (nSPS) is 16.7. The molecule has 0 unspecified atom stereocenters. The maximum Gasteiger partial charge on any atom is 0.244 e. The van der Waals surface area contributed by atoms with Gasteiger partial charge in [-0.15, -0.1) is 5.10 Å². The quantitative estimate of drug-likeness (QED) is 0.738. The molecule has 0 saturated carbocycles. The molecule has 134 valence electrons. The van der Waals surface area contributed by atoms with E-state index in [0.717, 1.165) is 19.6 Å². The highest BCUT2D eigenvalue weighted by atomic mass is 16.2. The maximum absolute atomic E-state index is 12.6. The van der Waals surface area contributed by atoms with Crippen molar-refractivity contribution in [3.63, 3.8) is 0 Å². The minimum Gasteiger partial charge on any atom is -0.338 e. The van der Waals surface area contributed by atoms with E-state index in [1.165, 1.54) is 43.5 Å². The van der Waals surface area contributed by atoms with Crippen molar-refractivity contribution in [3.05, 3.63) is 11.9 Å². The zero-order valence-electron chi connectivity index (χ0n) is 15.3. The van der Waals surface area contributed by atoms with Gasteiger partial charge in [-0.3, -0.25) is 9.59 Å². The number of likely N-dealkylation sites (tertiary alicyclic amines) is 1.